The molecule has 0 amide bonds. The minimum atomic E-state index is -1.47. The topological polar surface area (TPSA) is 57.5 Å². The Morgan fingerprint density at radius 2 is 2.14 bits per heavy atom. The number of aliphatic carboxylic acids is 1. The van der Waals surface area contributed by atoms with Crippen LogP contribution in [0.1, 0.15) is 46.0 Å². The first-order chi connectivity index (χ1) is 6.50. The molecule has 0 aromatic heterocycles. The Balaban J connectivity index is 2.72. The lowest BCUT2D eigenvalue weighted by Gasteiger charge is -2.29. The molecule has 3 heteroatoms. The van der Waals surface area contributed by atoms with Crippen LogP contribution in [0.4, 0.5) is 0 Å². The van der Waals surface area contributed by atoms with Gasteiger partial charge in [-0.2, -0.15) is 0 Å². The predicted molar refractivity (Wildman–Crippen MR) is 54.0 cm³/mol. The minimum absolute atomic E-state index is 0.0463. The first-order valence-corrected chi connectivity index (χ1v) is 5.46. The SMILES string of the molecule is CCCC(O)(C(=O)O)C1CCC(C)C1. The summed E-state index contributed by atoms with van der Waals surface area (Å²) < 4.78 is 0. The van der Waals surface area contributed by atoms with Crippen LogP contribution in [0.25, 0.3) is 0 Å². The van der Waals surface area contributed by atoms with E-state index in [2.05, 4.69) is 6.92 Å². The molecule has 0 spiro atoms. The Hall–Kier alpha value is -0.570. The van der Waals surface area contributed by atoms with Crippen molar-refractivity contribution in [2.24, 2.45) is 11.8 Å². The van der Waals surface area contributed by atoms with Crippen molar-refractivity contribution in [2.45, 2.75) is 51.6 Å². The highest BCUT2D eigenvalue weighted by Gasteiger charge is 2.45. The summed E-state index contributed by atoms with van der Waals surface area (Å²) in [5.74, 6) is -0.531. The Labute approximate surface area is 85.1 Å². The van der Waals surface area contributed by atoms with Gasteiger partial charge in [0.05, 0.1) is 0 Å². The van der Waals surface area contributed by atoms with Gasteiger partial charge >= 0.3 is 5.97 Å². The maximum atomic E-state index is 11.1. The molecule has 1 aliphatic carbocycles. The molecule has 1 fully saturated rings. The van der Waals surface area contributed by atoms with E-state index < -0.39 is 11.6 Å². The third kappa shape index (κ3) is 2.08. The highest BCUT2D eigenvalue weighted by molar-refractivity contribution is 5.77. The predicted octanol–water partition coefficient (Wildman–Crippen LogP) is 2.04. The Bertz CT molecular complexity index is 215. The monoisotopic (exact) mass is 200 g/mol. The van der Waals surface area contributed by atoms with Gasteiger partial charge in [-0.05, 0) is 31.1 Å². The zero-order valence-electron chi connectivity index (χ0n) is 8.99. The van der Waals surface area contributed by atoms with Gasteiger partial charge in [-0.3, -0.25) is 0 Å². The fraction of sp³-hybridized carbons (Fsp3) is 0.909. The zero-order chi connectivity index (χ0) is 10.8. The lowest BCUT2D eigenvalue weighted by molar-refractivity contribution is -0.166. The van der Waals surface area contributed by atoms with Crippen molar-refractivity contribution < 1.29 is 15.0 Å². The fourth-order valence-corrected chi connectivity index (χ4v) is 2.51. The molecule has 3 atom stereocenters. The van der Waals surface area contributed by atoms with Gasteiger partial charge in [-0.15, -0.1) is 0 Å². The van der Waals surface area contributed by atoms with Crippen molar-refractivity contribution in [1.29, 1.82) is 0 Å². The largest absolute Gasteiger partial charge is 0.479 e. The minimum Gasteiger partial charge on any atom is -0.479 e. The van der Waals surface area contributed by atoms with Crippen LogP contribution < -0.4 is 0 Å². The molecule has 3 unspecified atom stereocenters. The number of carboxylic acids is 1. The smallest absolute Gasteiger partial charge is 0.335 e. The van der Waals surface area contributed by atoms with Crippen LogP contribution in [0, 0.1) is 11.8 Å². The molecule has 3 nitrogen and oxygen atoms in total. The quantitative estimate of drug-likeness (QED) is 0.730. The Morgan fingerprint density at radius 1 is 1.50 bits per heavy atom. The summed E-state index contributed by atoms with van der Waals surface area (Å²) in [6.45, 7) is 4.03. The summed E-state index contributed by atoms with van der Waals surface area (Å²) >= 11 is 0. The molecule has 0 heterocycles. The van der Waals surface area contributed by atoms with Gasteiger partial charge in [0.2, 0.25) is 0 Å². The van der Waals surface area contributed by atoms with E-state index in [1.807, 2.05) is 6.92 Å². The zero-order valence-corrected chi connectivity index (χ0v) is 8.99. The molecule has 1 aliphatic rings. The van der Waals surface area contributed by atoms with Gasteiger partial charge in [0.25, 0.3) is 0 Å². The average molecular weight is 200 g/mol. The third-order valence-electron chi connectivity index (χ3n) is 3.37. The molecule has 0 aromatic carbocycles. The third-order valence-corrected chi connectivity index (χ3v) is 3.37. The lowest BCUT2D eigenvalue weighted by Crippen LogP contribution is -2.44. The van der Waals surface area contributed by atoms with Crippen molar-refractivity contribution in [2.75, 3.05) is 0 Å². The molecule has 0 aliphatic heterocycles. The first kappa shape index (κ1) is 11.5. The van der Waals surface area contributed by atoms with Crippen LogP contribution in [0.2, 0.25) is 0 Å². The van der Waals surface area contributed by atoms with E-state index in [9.17, 15) is 9.90 Å². The van der Waals surface area contributed by atoms with Crippen LogP contribution in [0.3, 0.4) is 0 Å². The van der Waals surface area contributed by atoms with Gasteiger partial charge < -0.3 is 10.2 Å². The molecule has 14 heavy (non-hydrogen) atoms. The molecular weight excluding hydrogens is 180 g/mol. The van der Waals surface area contributed by atoms with Gasteiger partial charge in [0, 0.05) is 0 Å². The second-order valence-electron chi connectivity index (χ2n) is 4.59. The van der Waals surface area contributed by atoms with E-state index >= 15 is 0 Å². The number of aliphatic hydroxyl groups is 1. The van der Waals surface area contributed by atoms with Gasteiger partial charge in [-0.25, -0.2) is 4.79 Å². The summed E-state index contributed by atoms with van der Waals surface area (Å²) in [5, 5.41) is 19.2. The van der Waals surface area contributed by atoms with Crippen molar-refractivity contribution in [1.82, 2.24) is 0 Å². The summed E-state index contributed by atoms with van der Waals surface area (Å²) in [5.41, 5.74) is -1.47. The van der Waals surface area contributed by atoms with Crippen LogP contribution in [0.15, 0.2) is 0 Å². The number of hydrogen-bond acceptors (Lipinski definition) is 2. The van der Waals surface area contributed by atoms with Crippen LogP contribution >= 0.6 is 0 Å². The number of hydrogen-bond donors (Lipinski definition) is 2. The van der Waals surface area contributed by atoms with Gasteiger partial charge in [-0.1, -0.05) is 26.7 Å². The van der Waals surface area contributed by atoms with Crippen molar-refractivity contribution >= 4 is 5.97 Å². The first-order valence-electron chi connectivity index (χ1n) is 5.46. The standard InChI is InChI=1S/C11H20O3/c1-3-6-11(14,10(12)13)9-5-4-8(2)7-9/h8-9,14H,3-7H2,1-2H3,(H,12,13). The van der Waals surface area contributed by atoms with E-state index in [1.165, 1.54) is 0 Å². The fourth-order valence-electron chi connectivity index (χ4n) is 2.51. The van der Waals surface area contributed by atoms with E-state index in [-0.39, 0.29) is 5.92 Å². The van der Waals surface area contributed by atoms with Crippen molar-refractivity contribution in [3.05, 3.63) is 0 Å². The Morgan fingerprint density at radius 3 is 2.50 bits per heavy atom. The van der Waals surface area contributed by atoms with E-state index in [1.54, 1.807) is 0 Å². The average Bonchev–Trinajstić information content (AvgIpc) is 2.52. The van der Waals surface area contributed by atoms with E-state index in [4.69, 9.17) is 5.11 Å². The van der Waals surface area contributed by atoms with Crippen LogP contribution in [-0.2, 0) is 4.79 Å². The number of carboxylic acid groups (broad SMARTS) is 1. The van der Waals surface area contributed by atoms with Gasteiger partial charge in [0.15, 0.2) is 5.60 Å². The highest BCUT2D eigenvalue weighted by Crippen LogP contribution is 2.39. The second kappa shape index (κ2) is 4.30. The van der Waals surface area contributed by atoms with E-state index in [0.717, 1.165) is 19.3 Å². The summed E-state index contributed by atoms with van der Waals surface area (Å²) in [4.78, 5) is 11.1. The second-order valence-corrected chi connectivity index (χ2v) is 4.59. The highest BCUT2D eigenvalue weighted by atomic mass is 16.4. The normalized spacial score (nSPS) is 31.4. The lowest BCUT2D eigenvalue weighted by atomic mass is 9.82. The maximum absolute atomic E-state index is 11.1. The molecule has 0 aromatic rings. The van der Waals surface area contributed by atoms with Crippen molar-refractivity contribution in [3.8, 4) is 0 Å². The molecule has 82 valence electrons. The molecule has 2 N–H and O–H groups in total. The molecule has 0 bridgehead atoms. The molecule has 1 saturated carbocycles. The Kier molecular flexibility index (Phi) is 3.53. The number of carbonyl (C=O) groups is 1. The maximum Gasteiger partial charge on any atom is 0.335 e. The summed E-state index contributed by atoms with van der Waals surface area (Å²) in [6, 6.07) is 0. The van der Waals surface area contributed by atoms with Gasteiger partial charge in [0.1, 0.15) is 0 Å². The molecule has 1 rings (SSSR count). The molecule has 0 radical (unpaired) electrons. The van der Waals surface area contributed by atoms with Crippen LogP contribution in [0.5, 0.6) is 0 Å². The summed E-state index contributed by atoms with van der Waals surface area (Å²) in [7, 11) is 0. The summed E-state index contributed by atoms with van der Waals surface area (Å²) in [6.07, 6.45) is 3.84. The van der Waals surface area contributed by atoms with E-state index in [0.29, 0.717) is 18.8 Å². The van der Waals surface area contributed by atoms with Crippen molar-refractivity contribution in [3.63, 3.8) is 0 Å². The van der Waals surface area contributed by atoms with Crippen LogP contribution in [-0.4, -0.2) is 21.8 Å². The molecular formula is C11H20O3. The number of rotatable bonds is 4. The molecule has 0 saturated heterocycles.